The van der Waals surface area contributed by atoms with E-state index in [9.17, 15) is 9.90 Å². The van der Waals surface area contributed by atoms with E-state index >= 15 is 0 Å². The Kier molecular flexibility index (Phi) is 4.70. The fraction of sp³-hybridized carbons (Fsp3) is 0.333. The van der Waals surface area contributed by atoms with Gasteiger partial charge in [-0.2, -0.15) is 0 Å². The molecule has 30 heavy (non-hydrogen) atoms. The number of piperidine rings is 1. The largest absolute Gasteiger partial charge is 0.481 e. The summed E-state index contributed by atoms with van der Waals surface area (Å²) in [5.74, 6) is 1.91. The van der Waals surface area contributed by atoms with Gasteiger partial charge in [-0.1, -0.05) is 6.07 Å². The zero-order chi connectivity index (χ0) is 20.5. The minimum Gasteiger partial charge on any atom is -0.481 e. The van der Waals surface area contributed by atoms with Crippen LogP contribution < -0.4 is 19.7 Å². The van der Waals surface area contributed by atoms with Gasteiger partial charge in [0.25, 0.3) is 0 Å². The lowest BCUT2D eigenvalue weighted by Crippen LogP contribution is -2.37. The van der Waals surface area contributed by atoms with E-state index in [-0.39, 0.29) is 12.7 Å². The first-order chi connectivity index (χ1) is 14.7. The van der Waals surface area contributed by atoms with E-state index < -0.39 is 5.97 Å². The maximum atomic E-state index is 11.2. The summed E-state index contributed by atoms with van der Waals surface area (Å²) in [4.78, 5) is 17.6. The molecule has 0 radical (unpaired) electrons. The van der Waals surface area contributed by atoms with E-state index in [1.165, 1.54) is 0 Å². The molecule has 154 valence electrons. The summed E-state index contributed by atoms with van der Waals surface area (Å²) in [6, 6.07) is 7.75. The number of anilines is 2. The zero-order valence-electron chi connectivity index (χ0n) is 16.2. The second kappa shape index (κ2) is 7.66. The number of aromatic nitrogens is 3. The number of hydrogen-bond donors (Lipinski definition) is 2. The molecule has 0 unspecified atom stereocenters. The van der Waals surface area contributed by atoms with Crippen LogP contribution in [0, 0.1) is 5.92 Å². The molecule has 1 fully saturated rings. The fourth-order valence-corrected chi connectivity index (χ4v) is 3.92. The van der Waals surface area contributed by atoms with Gasteiger partial charge in [0.05, 0.1) is 5.92 Å². The van der Waals surface area contributed by atoms with Gasteiger partial charge in [-0.3, -0.25) is 9.78 Å². The molecule has 3 aromatic rings. The molecule has 5 rings (SSSR count). The van der Waals surface area contributed by atoms with Gasteiger partial charge in [-0.05, 0) is 36.6 Å². The van der Waals surface area contributed by atoms with E-state index in [4.69, 9.17) is 9.47 Å². The van der Waals surface area contributed by atoms with Gasteiger partial charge < -0.3 is 24.8 Å². The minimum atomic E-state index is -0.724. The topological polar surface area (TPSA) is 110 Å². The number of fused-ring (bicyclic) bond motifs is 2. The van der Waals surface area contributed by atoms with Gasteiger partial charge >= 0.3 is 5.97 Å². The van der Waals surface area contributed by atoms with Crippen LogP contribution in [0.4, 0.5) is 11.6 Å². The third-order valence-corrected chi connectivity index (χ3v) is 5.60. The Hall–Kier alpha value is -3.62. The molecule has 1 saturated heterocycles. The average molecular weight is 407 g/mol. The predicted molar refractivity (Wildman–Crippen MR) is 110 cm³/mol. The van der Waals surface area contributed by atoms with Crippen LogP contribution in [-0.2, 0) is 11.3 Å². The van der Waals surface area contributed by atoms with E-state index in [1.807, 2.05) is 24.3 Å². The van der Waals surface area contributed by atoms with Crippen molar-refractivity contribution >= 4 is 28.4 Å². The highest BCUT2D eigenvalue weighted by atomic mass is 16.7. The molecule has 0 amide bonds. The number of ether oxygens (including phenoxy) is 2. The van der Waals surface area contributed by atoms with Crippen LogP contribution in [0.15, 0.2) is 36.7 Å². The molecule has 0 atom stereocenters. The standard InChI is InChI=1S/C21H21N5O4/c27-21(28)14-4-7-26(8-5-14)20-15-3-6-22-11-16(15)19(24-25-20)23-10-13-1-2-17-18(9-13)30-12-29-17/h1-3,6,9,11,14H,4-5,7-8,10,12H2,(H,23,24)(H,27,28). The number of carbonyl (C=O) groups is 1. The SMILES string of the molecule is O=C(O)C1CCN(c2nnc(NCc3ccc4c(c3)OCO4)c3cnccc23)CC1. The predicted octanol–water partition coefficient (Wildman–Crippen LogP) is 2.67. The van der Waals surface area contributed by atoms with Gasteiger partial charge in [-0.25, -0.2) is 0 Å². The number of pyridine rings is 1. The second-order valence-corrected chi connectivity index (χ2v) is 7.43. The molecule has 2 N–H and O–H groups in total. The van der Waals surface area contributed by atoms with Crippen LogP contribution >= 0.6 is 0 Å². The molecule has 0 saturated carbocycles. The third-order valence-electron chi connectivity index (χ3n) is 5.60. The number of carboxylic acid groups (broad SMARTS) is 1. The quantitative estimate of drug-likeness (QED) is 0.659. The van der Waals surface area contributed by atoms with Gasteiger partial charge in [0.1, 0.15) is 0 Å². The highest BCUT2D eigenvalue weighted by molar-refractivity contribution is 5.98. The average Bonchev–Trinajstić information content (AvgIpc) is 3.25. The molecule has 0 bridgehead atoms. The van der Waals surface area contributed by atoms with Gasteiger partial charge in [0, 0.05) is 42.8 Å². The van der Waals surface area contributed by atoms with Crippen LogP contribution in [-0.4, -0.2) is 46.1 Å². The van der Waals surface area contributed by atoms with Crippen molar-refractivity contribution in [2.24, 2.45) is 5.92 Å². The lowest BCUT2D eigenvalue weighted by Gasteiger charge is -2.31. The molecule has 9 nitrogen and oxygen atoms in total. The molecular weight excluding hydrogens is 386 g/mol. The van der Waals surface area contributed by atoms with Crippen LogP contribution in [0.5, 0.6) is 11.5 Å². The first-order valence-corrected chi connectivity index (χ1v) is 9.89. The number of nitrogens with zero attached hydrogens (tertiary/aromatic N) is 4. The first-order valence-electron chi connectivity index (χ1n) is 9.89. The highest BCUT2D eigenvalue weighted by Gasteiger charge is 2.26. The third kappa shape index (κ3) is 3.42. The molecule has 9 heteroatoms. The zero-order valence-corrected chi connectivity index (χ0v) is 16.2. The number of benzene rings is 1. The molecule has 0 spiro atoms. The maximum absolute atomic E-state index is 11.2. The molecular formula is C21H21N5O4. The van der Waals surface area contributed by atoms with Crippen molar-refractivity contribution in [2.45, 2.75) is 19.4 Å². The smallest absolute Gasteiger partial charge is 0.306 e. The van der Waals surface area contributed by atoms with Crippen LogP contribution in [0.25, 0.3) is 10.8 Å². The van der Waals surface area contributed by atoms with Crippen molar-refractivity contribution in [3.63, 3.8) is 0 Å². The number of hydrogen-bond acceptors (Lipinski definition) is 8. The van der Waals surface area contributed by atoms with Crippen LogP contribution in [0.1, 0.15) is 18.4 Å². The van der Waals surface area contributed by atoms with Crippen LogP contribution in [0.3, 0.4) is 0 Å². The minimum absolute atomic E-state index is 0.249. The van der Waals surface area contributed by atoms with Gasteiger partial charge in [0.15, 0.2) is 23.1 Å². The van der Waals surface area contributed by atoms with Crippen molar-refractivity contribution in [3.8, 4) is 11.5 Å². The number of carboxylic acids is 1. The number of nitrogens with one attached hydrogen (secondary N) is 1. The summed E-state index contributed by atoms with van der Waals surface area (Å²) in [5, 5.41) is 23.3. The molecule has 1 aromatic carbocycles. The number of aliphatic carboxylic acids is 1. The van der Waals surface area contributed by atoms with Crippen molar-refractivity contribution in [2.75, 3.05) is 30.1 Å². The van der Waals surface area contributed by atoms with Crippen molar-refractivity contribution in [1.82, 2.24) is 15.2 Å². The van der Waals surface area contributed by atoms with Crippen molar-refractivity contribution in [3.05, 3.63) is 42.2 Å². The Morgan fingerprint density at radius 1 is 1.13 bits per heavy atom. The highest BCUT2D eigenvalue weighted by Crippen LogP contribution is 2.33. The summed E-state index contributed by atoms with van der Waals surface area (Å²) >= 11 is 0. The Morgan fingerprint density at radius 2 is 1.97 bits per heavy atom. The normalized spacial score (nSPS) is 16.1. The molecule has 0 aliphatic carbocycles. The summed E-state index contributed by atoms with van der Waals surface area (Å²) in [5.41, 5.74) is 1.04. The van der Waals surface area contributed by atoms with E-state index in [1.54, 1.807) is 12.4 Å². The van der Waals surface area contributed by atoms with Crippen molar-refractivity contribution < 1.29 is 19.4 Å². The lowest BCUT2D eigenvalue weighted by atomic mass is 9.97. The number of rotatable bonds is 5. The second-order valence-electron chi connectivity index (χ2n) is 7.43. The Labute approximate surface area is 172 Å². The van der Waals surface area contributed by atoms with Gasteiger partial charge in [-0.15, -0.1) is 10.2 Å². The van der Waals surface area contributed by atoms with Crippen molar-refractivity contribution in [1.29, 1.82) is 0 Å². The summed E-state index contributed by atoms with van der Waals surface area (Å²) < 4.78 is 10.8. The maximum Gasteiger partial charge on any atom is 0.306 e. The monoisotopic (exact) mass is 407 g/mol. The lowest BCUT2D eigenvalue weighted by molar-refractivity contribution is -0.142. The summed E-state index contributed by atoms with van der Waals surface area (Å²) in [6.07, 6.45) is 4.72. The summed E-state index contributed by atoms with van der Waals surface area (Å²) in [7, 11) is 0. The Bertz CT molecular complexity index is 1100. The first kappa shape index (κ1) is 18.4. The van der Waals surface area contributed by atoms with Gasteiger partial charge in [0.2, 0.25) is 6.79 Å². The molecule has 2 aromatic heterocycles. The molecule has 4 heterocycles. The molecule has 2 aliphatic heterocycles. The van der Waals surface area contributed by atoms with Crippen LogP contribution in [0.2, 0.25) is 0 Å². The Balaban J connectivity index is 1.37. The molecule has 2 aliphatic rings. The van der Waals surface area contributed by atoms with E-state index in [0.717, 1.165) is 33.7 Å². The van der Waals surface area contributed by atoms with E-state index in [0.29, 0.717) is 38.3 Å². The Morgan fingerprint density at radius 3 is 2.80 bits per heavy atom. The fourth-order valence-electron chi connectivity index (χ4n) is 3.92. The summed E-state index contributed by atoms with van der Waals surface area (Å²) in [6.45, 7) is 2.10. The van der Waals surface area contributed by atoms with E-state index in [2.05, 4.69) is 25.4 Å².